The summed E-state index contributed by atoms with van der Waals surface area (Å²) in [6, 6.07) is 7.23. The number of Topliss-reactive ketones (excluding diaryl/α,β-unsaturated/α-hetero) is 1. The molecule has 2 rings (SSSR count). The van der Waals surface area contributed by atoms with Crippen molar-refractivity contribution >= 4 is 23.4 Å². The largest absolute Gasteiger partial charge is 0.453 e. The third-order valence-corrected chi connectivity index (χ3v) is 3.37. The van der Waals surface area contributed by atoms with Crippen LogP contribution in [0.4, 0.5) is 0 Å². The van der Waals surface area contributed by atoms with E-state index in [4.69, 9.17) is 4.74 Å². The normalized spacial score (nSPS) is 14.3. The highest BCUT2D eigenvalue weighted by Gasteiger charge is 2.20. The highest BCUT2D eigenvalue weighted by Crippen LogP contribution is 2.15. The Morgan fingerprint density at radius 1 is 1.23 bits per heavy atom. The predicted molar refractivity (Wildman–Crippen MR) is 80.6 cm³/mol. The molecule has 6 nitrogen and oxygen atoms in total. The summed E-state index contributed by atoms with van der Waals surface area (Å²) < 4.78 is 4.94. The van der Waals surface area contributed by atoms with E-state index >= 15 is 0 Å². The molecule has 1 aliphatic heterocycles. The number of hydrogen-bond acceptors (Lipinski definition) is 5. The summed E-state index contributed by atoms with van der Waals surface area (Å²) >= 11 is 0. The van der Waals surface area contributed by atoms with Crippen molar-refractivity contribution < 1.29 is 19.1 Å². The Bertz CT molecular complexity index is 618. The fourth-order valence-corrected chi connectivity index (χ4v) is 1.97. The molecule has 0 unspecified atom stereocenters. The van der Waals surface area contributed by atoms with Crippen LogP contribution in [-0.4, -0.2) is 30.0 Å². The lowest BCUT2D eigenvalue weighted by Gasteiger charge is -2.11. The van der Waals surface area contributed by atoms with Crippen molar-refractivity contribution in [1.29, 1.82) is 0 Å². The Hall–Kier alpha value is -2.50. The minimum Gasteiger partial charge on any atom is -0.453 e. The molecule has 0 fully saturated rings. The standard InChI is InChI=1S/C16H18N2O4/c1-10(2)11-3-5-12(6-4-11)14(19)9-22-16(21)13-7-8-15(20)18-17-13/h3-6,10H,7-9H2,1-2H3,(H,18,20). The Morgan fingerprint density at radius 2 is 1.91 bits per heavy atom. The first-order chi connectivity index (χ1) is 10.5. The van der Waals surface area contributed by atoms with E-state index in [0.717, 1.165) is 5.56 Å². The summed E-state index contributed by atoms with van der Waals surface area (Å²) in [6.45, 7) is 3.80. The van der Waals surface area contributed by atoms with Gasteiger partial charge in [0.05, 0.1) is 0 Å². The first kappa shape index (κ1) is 15.9. The number of rotatable bonds is 5. The lowest BCUT2D eigenvalue weighted by Crippen LogP contribution is -2.31. The molecule has 0 aromatic heterocycles. The quantitative estimate of drug-likeness (QED) is 0.664. The summed E-state index contributed by atoms with van der Waals surface area (Å²) in [5, 5.41) is 3.62. The van der Waals surface area contributed by atoms with Gasteiger partial charge in [-0.25, -0.2) is 10.2 Å². The van der Waals surface area contributed by atoms with Crippen molar-refractivity contribution in [3.63, 3.8) is 0 Å². The number of ketones is 1. The summed E-state index contributed by atoms with van der Waals surface area (Å²) in [5.41, 5.74) is 3.98. The van der Waals surface area contributed by atoms with Gasteiger partial charge in [-0.1, -0.05) is 38.1 Å². The van der Waals surface area contributed by atoms with Crippen LogP contribution in [0.25, 0.3) is 0 Å². The van der Waals surface area contributed by atoms with Gasteiger partial charge in [0.15, 0.2) is 12.4 Å². The molecule has 1 heterocycles. The molecule has 0 spiro atoms. The van der Waals surface area contributed by atoms with Crippen molar-refractivity contribution in [3.05, 3.63) is 35.4 Å². The van der Waals surface area contributed by atoms with Gasteiger partial charge in [0.1, 0.15) is 5.71 Å². The van der Waals surface area contributed by atoms with E-state index in [1.54, 1.807) is 12.1 Å². The van der Waals surface area contributed by atoms with Crippen LogP contribution in [0.1, 0.15) is 48.5 Å². The summed E-state index contributed by atoms with van der Waals surface area (Å²) in [4.78, 5) is 34.6. The third-order valence-electron chi connectivity index (χ3n) is 3.37. The number of ether oxygens (including phenoxy) is 1. The lowest BCUT2D eigenvalue weighted by molar-refractivity contribution is -0.134. The van der Waals surface area contributed by atoms with Gasteiger partial charge in [-0.3, -0.25) is 9.59 Å². The first-order valence-corrected chi connectivity index (χ1v) is 7.13. The van der Waals surface area contributed by atoms with Gasteiger partial charge in [-0.05, 0) is 11.5 Å². The van der Waals surface area contributed by atoms with Crippen molar-refractivity contribution in [2.45, 2.75) is 32.6 Å². The molecule has 0 saturated carbocycles. The number of hydrogen-bond donors (Lipinski definition) is 1. The summed E-state index contributed by atoms with van der Waals surface area (Å²) in [5.74, 6) is -0.796. The van der Waals surface area contributed by atoms with Crippen LogP contribution in [0.2, 0.25) is 0 Å². The molecule has 1 aliphatic rings. The molecular weight excluding hydrogens is 284 g/mol. The number of carbonyl (C=O) groups excluding carboxylic acids is 3. The molecule has 0 aliphatic carbocycles. The van der Waals surface area contributed by atoms with Crippen molar-refractivity contribution in [2.75, 3.05) is 6.61 Å². The maximum Gasteiger partial charge on any atom is 0.354 e. The number of amides is 1. The topological polar surface area (TPSA) is 84.8 Å². The number of benzene rings is 1. The predicted octanol–water partition coefficient (Wildman–Crippen LogP) is 1.80. The van der Waals surface area contributed by atoms with Crippen molar-refractivity contribution in [3.8, 4) is 0 Å². The molecule has 0 bridgehead atoms. The Morgan fingerprint density at radius 3 is 2.45 bits per heavy atom. The van der Waals surface area contributed by atoms with E-state index in [1.165, 1.54) is 0 Å². The highest BCUT2D eigenvalue weighted by molar-refractivity contribution is 6.37. The first-order valence-electron chi connectivity index (χ1n) is 7.13. The molecule has 0 saturated heterocycles. The number of nitrogens with zero attached hydrogens (tertiary/aromatic N) is 1. The minimum atomic E-state index is -0.674. The molecule has 1 N–H and O–H groups in total. The molecule has 6 heteroatoms. The van der Waals surface area contributed by atoms with Gasteiger partial charge in [0.25, 0.3) is 0 Å². The average Bonchev–Trinajstić information content (AvgIpc) is 2.53. The summed E-state index contributed by atoms with van der Waals surface area (Å²) in [6.07, 6.45) is 0.417. The maximum atomic E-state index is 12.0. The fraction of sp³-hybridized carbons (Fsp3) is 0.375. The van der Waals surface area contributed by atoms with Gasteiger partial charge in [-0.15, -0.1) is 0 Å². The number of nitrogens with one attached hydrogen (secondary N) is 1. The third kappa shape index (κ3) is 4.00. The van der Waals surface area contributed by atoms with Crippen LogP contribution >= 0.6 is 0 Å². The van der Waals surface area contributed by atoms with E-state index in [9.17, 15) is 14.4 Å². The van der Waals surface area contributed by atoms with E-state index in [2.05, 4.69) is 24.4 Å². The SMILES string of the molecule is CC(C)c1ccc(C(=O)COC(=O)C2=NNC(=O)CC2)cc1. The molecule has 1 amide bonds. The van der Waals surface area contributed by atoms with Gasteiger partial charge in [-0.2, -0.15) is 5.10 Å². The van der Waals surface area contributed by atoms with Crippen LogP contribution in [0, 0.1) is 0 Å². The lowest BCUT2D eigenvalue weighted by atomic mass is 10.0. The zero-order chi connectivity index (χ0) is 16.1. The van der Waals surface area contributed by atoms with Crippen LogP contribution in [0.3, 0.4) is 0 Å². The molecule has 22 heavy (non-hydrogen) atoms. The average molecular weight is 302 g/mol. The van der Waals surface area contributed by atoms with Gasteiger partial charge < -0.3 is 4.74 Å². The maximum absolute atomic E-state index is 12.0. The van der Waals surface area contributed by atoms with E-state index in [0.29, 0.717) is 11.5 Å². The zero-order valence-electron chi connectivity index (χ0n) is 12.6. The molecule has 116 valence electrons. The Kier molecular flexibility index (Phi) is 5.04. The van der Waals surface area contributed by atoms with Crippen molar-refractivity contribution in [2.24, 2.45) is 5.10 Å². The minimum absolute atomic E-state index is 0.127. The number of hydrazone groups is 1. The molecule has 0 atom stereocenters. The summed E-state index contributed by atoms with van der Waals surface area (Å²) in [7, 11) is 0. The monoisotopic (exact) mass is 302 g/mol. The molecule has 0 radical (unpaired) electrons. The zero-order valence-corrected chi connectivity index (χ0v) is 12.6. The van der Waals surface area contributed by atoms with Gasteiger partial charge in [0, 0.05) is 18.4 Å². The number of esters is 1. The van der Waals surface area contributed by atoms with E-state index in [1.807, 2.05) is 12.1 Å². The highest BCUT2D eigenvalue weighted by atomic mass is 16.5. The van der Waals surface area contributed by atoms with Crippen LogP contribution < -0.4 is 5.43 Å². The second-order valence-corrected chi connectivity index (χ2v) is 5.37. The Balaban J connectivity index is 1.89. The fourth-order valence-electron chi connectivity index (χ4n) is 1.97. The molecular formula is C16H18N2O4. The molecule has 1 aromatic rings. The van der Waals surface area contributed by atoms with Crippen molar-refractivity contribution in [1.82, 2.24) is 5.43 Å². The van der Waals surface area contributed by atoms with Gasteiger partial charge >= 0.3 is 5.97 Å². The second-order valence-electron chi connectivity index (χ2n) is 5.37. The van der Waals surface area contributed by atoms with Crippen LogP contribution in [-0.2, 0) is 14.3 Å². The van der Waals surface area contributed by atoms with Crippen LogP contribution in [0.5, 0.6) is 0 Å². The van der Waals surface area contributed by atoms with Gasteiger partial charge in [0.2, 0.25) is 5.91 Å². The van der Waals surface area contributed by atoms with E-state index < -0.39 is 5.97 Å². The Labute approximate surface area is 128 Å². The number of carbonyl (C=O) groups is 3. The van der Waals surface area contributed by atoms with E-state index in [-0.39, 0.29) is 36.9 Å². The van der Waals surface area contributed by atoms with Crippen LogP contribution in [0.15, 0.2) is 29.4 Å². The second kappa shape index (κ2) is 6.98. The molecule has 1 aromatic carbocycles. The smallest absolute Gasteiger partial charge is 0.354 e.